The predicted octanol–water partition coefficient (Wildman–Crippen LogP) is 4.51. The van der Waals surface area contributed by atoms with Gasteiger partial charge in [-0.3, -0.25) is 0 Å². The van der Waals surface area contributed by atoms with Gasteiger partial charge in [-0.05, 0) is 30.3 Å². The molecule has 0 saturated carbocycles. The van der Waals surface area contributed by atoms with Crippen LogP contribution in [-0.4, -0.2) is 19.7 Å². The topological polar surface area (TPSA) is 81.6 Å². The zero-order chi connectivity index (χ0) is 16.7. The molecule has 2 aromatic carbocycles. The van der Waals surface area contributed by atoms with E-state index in [9.17, 15) is 0 Å². The normalized spacial score (nSPS) is 11.1. The van der Waals surface area contributed by atoms with Gasteiger partial charge in [-0.25, -0.2) is 4.98 Å². The van der Waals surface area contributed by atoms with E-state index in [4.69, 9.17) is 28.9 Å². The Hall–Kier alpha value is -2.35. The van der Waals surface area contributed by atoms with E-state index >= 15 is 0 Å². The first-order chi connectivity index (χ1) is 11.6. The van der Waals surface area contributed by atoms with Crippen LogP contribution in [0.15, 0.2) is 42.5 Å². The fraction of sp³-hybridized carbons (Fsp3) is 0. The Morgan fingerprint density at radius 1 is 1.04 bits per heavy atom. The average molecular weight is 377 g/mol. The Labute approximate surface area is 150 Å². The quantitative estimate of drug-likeness (QED) is 0.549. The van der Waals surface area contributed by atoms with Gasteiger partial charge in [-0.1, -0.05) is 46.7 Å². The van der Waals surface area contributed by atoms with Crippen molar-refractivity contribution in [2.45, 2.75) is 0 Å². The summed E-state index contributed by atoms with van der Waals surface area (Å²) in [5.41, 5.74) is 7.58. The molecule has 2 aromatic heterocycles. The van der Waals surface area contributed by atoms with Crippen LogP contribution in [0.2, 0.25) is 10.0 Å². The third-order valence-electron chi connectivity index (χ3n) is 3.27. The summed E-state index contributed by atoms with van der Waals surface area (Å²) in [4.78, 5) is 8.74. The van der Waals surface area contributed by atoms with Gasteiger partial charge in [-0.15, -0.1) is 5.10 Å². The lowest BCUT2D eigenvalue weighted by molar-refractivity contribution is 0.886. The number of nitrogens with one attached hydrogen (secondary N) is 1. The first kappa shape index (κ1) is 15.2. The second-order valence-electron chi connectivity index (χ2n) is 4.92. The summed E-state index contributed by atoms with van der Waals surface area (Å²) in [5, 5.41) is 8.99. The largest absolute Gasteiger partial charge is 0.368 e. The number of hydrogen-bond donors (Lipinski definition) is 2. The van der Waals surface area contributed by atoms with E-state index in [1.165, 1.54) is 16.0 Å². The standard InChI is InChI=1S/C15H10Cl2N6S/c16-9-6-5-8(7-10(9)17)19-14-21-13(18)23(22-14)15-20-11-3-1-2-4-12(11)24-15/h1-7H,(H3,18,19,21,22). The maximum absolute atomic E-state index is 6.01. The number of fused-ring (bicyclic) bond motifs is 1. The van der Waals surface area contributed by atoms with Gasteiger partial charge in [0.1, 0.15) is 0 Å². The van der Waals surface area contributed by atoms with Gasteiger partial charge in [0.2, 0.25) is 17.0 Å². The summed E-state index contributed by atoms with van der Waals surface area (Å²) < 4.78 is 2.56. The number of nitrogens with two attached hydrogens (primary N) is 1. The van der Waals surface area contributed by atoms with Crippen LogP contribution in [0.3, 0.4) is 0 Å². The molecule has 0 radical (unpaired) electrons. The Balaban J connectivity index is 1.67. The molecule has 0 aliphatic heterocycles. The molecule has 0 bridgehead atoms. The van der Waals surface area contributed by atoms with Crippen LogP contribution < -0.4 is 11.1 Å². The zero-order valence-electron chi connectivity index (χ0n) is 12.1. The minimum atomic E-state index is 0.247. The van der Waals surface area contributed by atoms with E-state index in [1.807, 2.05) is 24.3 Å². The van der Waals surface area contributed by atoms with Crippen LogP contribution in [0.25, 0.3) is 15.3 Å². The number of anilines is 3. The Morgan fingerprint density at radius 3 is 2.67 bits per heavy atom. The molecular weight excluding hydrogens is 367 g/mol. The lowest BCUT2D eigenvalue weighted by atomic mass is 10.3. The van der Waals surface area contributed by atoms with Crippen molar-refractivity contribution >= 4 is 62.3 Å². The number of nitrogen functional groups attached to an aromatic ring is 1. The fourth-order valence-corrected chi connectivity index (χ4v) is 3.40. The van der Waals surface area contributed by atoms with Gasteiger partial charge in [0.15, 0.2) is 0 Å². The van der Waals surface area contributed by atoms with E-state index in [2.05, 4.69) is 20.4 Å². The average Bonchev–Trinajstić information content (AvgIpc) is 3.14. The van der Waals surface area contributed by atoms with E-state index in [1.54, 1.807) is 18.2 Å². The third kappa shape index (κ3) is 2.77. The van der Waals surface area contributed by atoms with Crippen molar-refractivity contribution in [3.8, 4) is 5.13 Å². The van der Waals surface area contributed by atoms with Gasteiger partial charge in [0, 0.05) is 5.69 Å². The molecule has 4 rings (SSSR count). The highest BCUT2D eigenvalue weighted by molar-refractivity contribution is 7.20. The van der Waals surface area contributed by atoms with Crippen molar-refractivity contribution < 1.29 is 0 Å². The Kier molecular flexibility index (Phi) is 3.76. The first-order valence-corrected chi connectivity index (χ1v) is 8.48. The van der Waals surface area contributed by atoms with Gasteiger partial charge in [0.05, 0.1) is 20.3 Å². The maximum Gasteiger partial charge on any atom is 0.248 e. The molecule has 0 fully saturated rings. The van der Waals surface area contributed by atoms with Gasteiger partial charge in [0.25, 0.3) is 0 Å². The van der Waals surface area contributed by atoms with Crippen LogP contribution >= 0.6 is 34.5 Å². The van der Waals surface area contributed by atoms with Crippen molar-refractivity contribution in [1.29, 1.82) is 0 Å². The van der Waals surface area contributed by atoms with Crippen molar-refractivity contribution in [3.05, 3.63) is 52.5 Å². The summed E-state index contributed by atoms with van der Waals surface area (Å²) >= 11 is 13.4. The maximum atomic E-state index is 6.01. The second kappa shape index (κ2) is 5.94. The molecule has 24 heavy (non-hydrogen) atoms. The van der Waals surface area contributed by atoms with Crippen LogP contribution in [-0.2, 0) is 0 Å². The number of thiazole rings is 1. The number of benzene rings is 2. The molecule has 4 aromatic rings. The molecule has 0 atom stereocenters. The van der Waals surface area contributed by atoms with Gasteiger partial charge < -0.3 is 11.1 Å². The first-order valence-electron chi connectivity index (χ1n) is 6.91. The summed E-state index contributed by atoms with van der Waals surface area (Å²) in [5.74, 6) is 0.599. The SMILES string of the molecule is Nc1nc(Nc2ccc(Cl)c(Cl)c2)nn1-c1nc2ccccc2s1. The molecule has 9 heteroatoms. The van der Waals surface area contributed by atoms with Gasteiger partial charge in [-0.2, -0.15) is 9.67 Å². The van der Waals surface area contributed by atoms with E-state index in [0.29, 0.717) is 26.8 Å². The number of para-hydroxylation sites is 1. The summed E-state index contributed by atoms with van der Waals surface area (Å²) in [7, 11) is 0. The van der Waals surface area contributed by atoms with Crippen LogP contribution in [0.5, 0.6) is 0 Å². The van der Waals surface area contributed by atoms with Crippen LogP contribution in [0, 0.1) is 0 Å². The molecule has 0 aliphatic rings. The van der Waals surface area contributed by atoms with Crippen molar-refractivity contribution in [2.24, 2.45) is 0 Å². The number of halogens is 2. The van der Waals surface area contributed by atoms with E-state index < -0.39 is 0 Å². The monoisotopic (exact) mass is 376 g/mol. The number of hydrogen-bond acceptors (Lipinski definition) is 6. The molecule has 0 spiro atoms. The molecule has 120 valence electrons. The Morgan fingerprint density at radius 2 is 1.88 bits per heavy atom. The van der Waals surface area contributed by atoms with Crippen molar-refractivity contribution in [2.75, 3.05) is 11.1 Å². The minimum absolute atomic E-state index is 0.247. The number of rotatable bonds is 3. The molecule has 0 unspecified atom stereocenters. The predicted molar refractivity (Wildman–Crippen MR) is 98.7 cm³/mol. The molecule has 0 amide bonds. The molecule has 6 nitrogen and oxygen atoms in total. The number of aromatic nitrogens is 4. The van der Waals surface area contributed by atoms with Crippen molar-refractivity contribution in [3.63, 3.8) is 0 Å². The summed E-state index contributed by atoms with van der Waals surface area (Å²) in [6.07, 6.45) is 0. The summed E-state index contributed by atoms with van der Waals surface area (Å²) in [6, 6.07) is 13.0. The second-order valence-corrected chi connectivity index (χ2v) is 6.75. The molecule has 3 N–H and O–H groups in total. The molecular formula is C15H10Cl2N6S. The lowest BCUT2D eigenvalue weighted by Gasteiger charge is -2.02. The number of nitrogens with zero attached hydrogens (tertiary/aromatic N) is 4. The highest BCUT2D eigenvalue weighted by atomic mass is 35.5. The zero-order valence-corrected chi connectivity index (χ0v) is 14.4. The molecule has 0 aliphatic carbocycles. The molecule has 0 saturated heterocycles. The van der Waals surface area contributed by atoms with E-state index in [-0.39, 0.29) is 5.95 Å². The fourth-order valence-electron chi connectivity index (χ4n) is 2.17. The highest BCUT2D eigenvalue weighted by Gasteiger charge is 2.13. The summed E-state index contributed by atoms with van der Waals surface area (Å²) in [6.45, 7) is 0. The van der Waals surface area contributed by atoms with E-state index in [0.717, 1.165) is 10.2 Å². The Bertz CT molecular complexity index is 1010. The third-order valence-corrected chi connectivity index (χ3v) is 5.02. The van der Waals surface area contributed by atoms with Gasteiger partial charge >= 0.3 is 0 Å². The smallest absolute Gasteiger partial charge is 0.248 e. The lowest BCUT2D eigenvalue weighted by Crippen LogP contribution is -2.01. The minimum Gasteiger partial charge on any atom is -0.368 e. The van der Waals surface area contributed by atoms with Crippen LogP contribution in [0.4, 0.5) is 17.6 Å². The highest BCUT2D eigenvalue weighted by Crippen LogP contribution is 2.28. The molecule has 2 heterocycles. The van der Waals surface area contributed by atoms with Crippen LogP contribution in [0.1, 0.15) is 0 Å². The van der Waals surface area contributed by atoms with Crippen molar-refractivity contribution in [1.82, 2.24) is 19.7 Å².